The summed E-state index contributed by atoms with van der Waals surface area (Å²) < 4.78 is 46.3. The molecule has 30 heavy (non-hydrogen) atoms. The van der Waals surface area contributed by atoms with E-state index in [2.05, 4.69) is 4.98 Å². The number of para-hydroxylation sites is 1. The highest BCUT2D eigenvalue weighted by Gasteiger charge is 2.32. The molecule has 0 unspecified atom stereocenters. The van der Waals surface area contributed by atoms with Gasteiger partial charge in [0.2, 0.25) is 0 Å². The number of aromatic nitrogens is 2. The molecule has 0 bridgehead atoms. The minimum absolute atomic E-state index is 0.0760. The summed E-state index contributed by atoms with van der Waals surface area (Å²) in [5.74, 6) is 1.15. The lowest BCUT2D eigenvalue weighted by Gasteiger charge is -2.33. The molecule has 1 fully saturated rings. The van der Waals surface area contributed by atoms with E-state index in [4.69, 9.17) is 4.74 Å². The molecular weight excluding hydrogens is 395 g/mol. The number of aryl methyl sites for hydroxylation is 1. The van der Waals surface area contributed by atoms with E-state index in [1.807, 2.05) is 10.6 Å². The molecule has 2 heterocycles. The van der Waals surface area contributed by atoms with Crippen LogP contribution in [0, 0.1) is 6.92 Å². The van der Waals surface area contributed by atoms with Gasteiger partial charge >= 0.3 is 6.18 Å². The van der Waals surface area contributed by atoms with Gasteiger partial charge in [-0.3, -0.25) is 4.79 Å². The number of benzene rings is 2. The second-order valence-electron chi connectivity index (χ2n) is 7.45. The second kappa shape index (κ2) is 7.66. The number of nitrogens with zero attached hydrogens (tertiary/aromatic N) is 3. The fraction of sp³-hybridized carbons (Fsp3) is 0.364. The normalized spacial score (nSPS) is 15.6. The molecule has 4 rings (SSSR count). The number of hydrogen-bond donors (Lipinski definition) is 0. The first kappa shape index (κ1) is 20.3. The maximum absolute atomic E-state index is 13.0. The van der Waals surface area contributed by atoms with E-state index in [0.717, 1.165) is 12.1 Å². The van der Waals surface area contributed by atoms with Crippen LogP contribution in [0.2, 0.25) is 0 Å². The highest BCUT2D eigenvalue weighted by molar-refractivity contribution is 5.97. The molecule has 1 aliphatic rings. The lowest BCUT2D eigenvalue weighted by molar-refractivity contribution is -0.137. The molecule has 0 N–H and O–H groups in total. The van der Waals surface area contributed by atoms with Crippen LogP contribution in [-0.4, -0.2) is 40.6 Å². The number of methoxy groups -OCH3 is 1. The third kappa shape index (κ3) is 3.62. The fourth-order valence-electron chi connectivity index (χ4n) is 4.18. The zero-order chi connectivity index (χ0) is 21.5. The number of amides is 1. The van der Waals surface area contributed by atoms with Crippen molar-refractivity contribution in [1.82, 2.24) is 14.5 Å². The van der Waals surface area contributed by atoms with Gasteiger partial charge in [-0.15, -0.1) is 0 Å². The van der Waals surface area contributed by atoms with Crippen molar-refractivity contribution in [3.8, 4) is 5.75 Å². The van der Waals surface area contributed by atoms with Crippen molar-refractivity contribution >= 4 is 16.9 Å². The third-order valence-electron chi connectivity index (χ3n) is 5.65. The molecule has 0 saturated carbocycles. The van der Waals surface area contributed by atoms with E-state index < -0.39 is 11.7 Å². The van der Waals surface area contributed by atoms with Gasteiger partial charge in [-0.1, -0.05) is 12.1 Å². The Bertz CT molecular complexity index is 1080. The van der Waals surface area contributed by atoms with Crippen molar-refractivity contribution in [3.63, 3.8) is 0 Å². The van der Waals surface area contributed by atoms with Gasteiger partial charge in [-0.2, -0.15) is 13.2 Å². The van der Waals surface area contributed by atoms with Crippen LogP contribution in [0.15, 0.2) is 42.5 Å². The predicted octanol–water partition coefficient (Wildman–Crippen LogP) is 4.85. The van der Waals surface area contributed by atoms with Gasteiger partial charge in [0.25, 0.3) is 5.91 Å². The molecule has 158 valence electrons. The van der Waals surface area contributed by atoms with Crippen molar-refractivity contribution in [2.75, 3.05) is 20.2 Å². The van der Waals surface area contributed by atoms with Crippen LogP contribution in [-0.2, 0) is 6.18 Å². The Balaban J connectivity index is 1.54. The van der Waals surface area contributed by atoms with E-state index in [9.17, 15) is 18.0 Å². The largest absolute Gasteiger partial charge is 0.496 e. The Morgan fingerprint density at radius 1 is 1.13 bits per heavy atom. The predicted molar refractivity (Wildman–Crippen MR) is 107 cm³/mol. The van der Waals surface area contributed by atoms with Crippen molar-refractivity contribution in [1.29, 1.82) is 0 Å². The van der Waals surface area contributed by atoms with Gasteiger partial charge in [0.05, 0.1) is 29.3 Å². The first-order valence-electron chi connectivity index (χ1n) is 9.77. The molecule has 1 aromatic heterocycles. The van der Waals surface area contributed by atoms with Gasteiger partial charge in [0, 0.05) is 19.1 Å². The monoisotopic (exact) mass is 417 g/mol. The van der Waals surface area contributed by atoms with Crippen LogP contribution in [0.4, 0.5) is 13.2 Å². The van der Waals surface area contributed by atoms with E-state index in [1.54, 1.807) is 30.0 Å². The van der Waals surface area contributed by atoms with Gasteiger partial charge in [0.1, 0.15) is 11.6 Å². The molecule has 1 amide bonds. The molecule has 0 atom stereocenters. The first-order chi connectivity index (χ1) is 14.3. The molecule has 5 nitrogen and oxygen atoms in total. The average molecular weight is 417 g/mol. The summed E-state index contributed by atoms with van der Waals surface area (Å²) in [6.07, 6.45) is -2.99. The Labute approximate surface area is 172 Å². The van der Waals surface area contributed by atoms with E-state index in [-0.39, 0.29) is 11.9 Å². The minimum atomic E-state index is -4.39. The lowest BCUT2D eigenvalue weighted by Crippen LogP contribution is -2.39. The summed E-state index contributed by atoms with van der Waals surface area (Å²) in [5, 5.41) is 0. The van der Waals surface area contributed by atoms with Crippen molar-refractivity contribution in [2.24, 2.45) is 0 Å². The number of halogens is 3. The number of alkyl halides is 3. The lowest BCUT2D eigenvalue weighted by atomic mass is 10.0. The zero-order valence-corrected chi connectivity index (χ0v) is 16.7. The summed E-state index contributed by atoms with van der Waals surface area (Å²) >= 11 is 0. The van der Waals surface area contributed by atoms with Gasteiger partial charge in [0.15, 0.2) is 0 Å². The summed E-state index contributed by atoms with van der Waals surface area (Å²) in [7, 11) is 1.54. The van der Waals surface area contributed by atoms with Crippen LogP contribution in [0.25, 0.3) is 11.0 Å². The van der Waals surface area contributed by atoms with E-state index in [0.29, 0.717) is 54.1 Å². The Morgan fingerprint density at radius 3 is 2.50 bits per heavy atom. The maximum atomic E-state index is 13.0. The number of carbonyl (C=O) groups is 1. The molecule has 0 radical (unpaired) electrons. The number of imidazole rings is 1. The Kier molecular flexibility index (Phi) is 5.17. The molecule has 1 aliphatic heterocycles. The number of rotatable bonds is 3. The fourth-order valence-corrected chi connectivity index (χ4v) is 4.18. The summed E-state index contributed by atoms with van der Waals surface area (Å²) in [4.78, 5) is 19.1. The van der Waals surface area contributed by atoms with Crippen LogP contribution >= 0.6 is 0 Å². The number of likely N-dealkylation sites (tertiary alicyclic amines) is 1. The summed E-state index contributed by atoms with van der Waals surface area (Å²) in [6.45, 7) is 2.92. The number of piperidine rings is 1. The number of fused-ring (bicyclic) bond motifs is 1. The third-order valence-corrected chi connectivity index (χ3v) is 5.65. The van der Waals surface area contributed by atoms with Gasteiger partial charge in [-0.05, 0) is 50.1 Å². The standard InChI is InChI=1S/C22H22F3N3O2/c1-14-26-18-13-15(22(23,24)25)7-8-19(18)28(14)16-9-11-27(12-10-16)21(29)17-5-3-4-6-20(17)30-2/h3-8,13,16H,9-12H2,1-2H3. The van der Waals surface area contributed by atoms with Gasteiger partial charge in [-0.25, -0.2) is 4.98 Å². The van der Waals surface area contributed by atoms with E-state index >= 15 is 0 Å². The smallest absolute Gasteiger partial charge is 0.416 e. The Morgan fingerprint density at radius 2 is 1.83 bits per heavy atom. The molecule has 3 aromatic rings. The first-order valence-corrected chi connectivity index (χ1v) is 9.77. The highest BCUT2D eigenvalue weighted by Crippen LogP contribution is 2.34. The van der Waals surface area contributed by atoms with Crippen LogP contribution in [0.3, 0.4) is 0 Å². The average Bonchev–Trinajstić information content (AvgIpc) is 3.07. The number of ether oxygens (including phenoxy) is 1. The molecule has 0 spiro atoms. The topological polar surface area (TPSA) is 47.4 Å². The number of carbonyl (C=O) groups excluding carboxylic acids is 1. The van der Waals surface area contributed by atoms with Crippen molar-refractivity contribution < 1.29 is 22.7 Å². The Hall–Kier alpha value is -3.03. The maximum Gasteiger partial charge on any atom is 0.416 e. The molecule has 2 aromatic carbocycles. The number of hydrogen-bond acceptors (Lipinski definition) is 3. The molecular formula is C22H22F3N3O2. The quantitative estimate of drug-likeness (QED) is 0.612. The van der Waals surface area contributed by atoms with Crippen molar-refractivity contribution in [2.45, 2.75) is 32.0 Å². The highest BCUT2D eigenvalue weighted by atomic mass is 19.4. The minimum Gasteiger partial charge on any atom is -0.496 e. The van der Waals surface area contributed by atoms with E-state index in [1.165, 1.54) is 13.2 Å². The van der Waals surface area contributed by atoms with Crippen LogP contribution in [0.1, 0.15) is 40.6 Å². The van der Waals surface area contributed by atoms with Crippen molar-refractivity contribution in [3.05, 3.63) is 59.4 Å². The van der Waals surface area contributed by atoms with Crippen LogP contribution in [0.5, 0.6) is 5.75 Å². The summed E-state index contributed by atoms with van der Waals surface area (Å²) in [5.41, 5.74) is 0.865. The SMILES string of the molecule is COc1ccccc1C(=O)N1CCC(n2c(C)nc3cc(C(F)(F)F)ccc32)CC1. The van der Waals surface area contributed by atoms with Crippen LogP contribution < -0.4 is 4.74 Å². The molecule has 1 saturated heterocycles. The summed E-state index contributed by atoms with van der Waals surface area (Å²) in [6, 6.07) is 10.9. The molecule has 0 aliphatic carbocycles. The second-order valence-corrected chi connectivity index (χ2v) is 7.45. The molecule has 8 heteroatoms. The van der Waals surface area contributed by atoms with Gasteiger partial charge < -0.3 is 14.2 Å². The zero-order valence-electron chi connectivity index (χ0n) is 16.7.